The zero-order valence-corrected chi connectivity index (χ0v) is 15.8. The minimum absolute atomic E-state index is 0.0565. The maximum atomic E-state index is 13.3. The highest BCUT2D eigenvalue weighted by atomic mass is 16.3. The molecule has 0 aromatic rings. The fourth-order valence-electron chi connectivity index (χ4n) is 7.45. The third-order valence-electron chi connectivity index (χ3n) is 8.93. The van der Waals surface area contributed by atoms with Crippen molar-refractivity contribution < 1.29 is 24.6 Å². The van der Waals surface area contributed by atoms with E-state index in [9.17, 15) is 24.6 Å². The highest BCUT2D eigenvalue weighted by Gasteiger charge is 2.68. The third kappa shape index (κ3) is 2.13. The lowest BCUT2D eigenvalue weighted by atomic mass is 9.44. The van der Waals surface area contributed by atoms with Crippen LogP contribution in [-0.4, -0.2) is 39.8 Å². The maximum Gasteiger partial charge on any atom is 0.190 e. The normalized spacial score (nSPS) is 50.8. The Kier molecular flexibility index (Phi) is 4.02. The number of ketones is 3. The quantitative estimate of drug-likeness (QED) is 0.785. The van der Waals surface area contributed by atoms with Crippen molar-refractivity contribution in [2.24, 2.45) is 34.5 Å². The summed E-state index contributed by atoms with van der Waals surface area (Å²) in [4.78, 5) is 37.6. The number of Topliss-reactive ketones (excluding diaryl/α,β-unsaturated/α-hetero) is 3. The summed E-state index contributed by atoms with van der Waals surface area (Å²) < 4.78 is 0. The summed E-state index contributed by atoms with van der Waals surface area (Å²) in [6.07, 6.45) is 5.07. The fourth-order valence-corrected chi connectivity index (χ4v) is 7.45. The summed E-state index contributed by atoms with van der Waals surface area (Å²) in [5, 5.41) is 20.5. The fraction of sp³-hybridized carbons (Fsp3) is 0.857. The number of rotatable bonds is 2. The summed E-state index contributed by atoms with van der Waals surface area (Å²) >= 11 is 0. The summed E-state index contributed by atoms with van der Waals surface area (Å²) in [5.74, 6) is 0.468. The lowest BCUT2D eigenvalue weighted by molar-refractivity contribution is -0.178. The highest BCUT2D eigenvalue weighted by Crippen LogP contribution is 2.67. The molecule has 4 saturated carbocycles. The van der Waals surface area contributed by atoms with Gasteiger partial charge in [0.25, 0.3) is 0 Å². The van der Waals surface area contributed by atoms with Crippen LogP contribution in [0.3, 0.4) is 0 Å². The van der Waals surface area contributed by atoms with Crippen molar-refractivity contribution in [2.45, 2.75) is 70.8 Å². The van der Waals surface area contributed by atoms with Gasteiger partial charge in [-0.15, -0.1) is 0 Å². The van der Waals surface area contributed by atoms with Gasteiger partial charge >= 0.3 is 0 Å². The number of carbonyl (C=O) groups excluding carboxylic acids is 3. The summed E-state index contributed by atoms with van der Waals surface area (Å²) in [7, 11) is 0. The van der Waals surface area contributed by atoms with E-state index >= 15 is 0 Å². The van der Waals surface area contributed by atoms with Gasteiger partial charge in [0.2, 0.25) is 0 Å². The van der Waals surface area contributed by atoms with E-state index in [1.165, 1.54) is 0 Å². The van der Waals surface area contributed by atoms with Crippen LogP contribution in [0.25, 0.3) is 0 Å². The molecule has 2 N–H and O–H groups in total. The van der Waals surface area contributed by atoms with Crippen molar-refractivity contribution in [1.29, 1.82) is 0 Å². The first kappa shape index (κ1) is 18.3. The molecule has 0 amide bonds. The number of hydrogen-bond donors (Lipinski definition) is 2. The summed E-state index contributed by atoms with van der Waals surface area (Å²) in [5.41, 5.74) is -2.50. The smallest absolute Gasteiger partial charge is 0.190 e. The van der Waals surface area contributed by atoms with Gasteiger partial charge in [-0.05, 0) is 55.3 Å². The predicted octanol–water partition coefficient (Wildman–Crippen LogP) is 2.07. The van der Waals surface area contributed by atoms with Crippen molar-refractivity contribution in [1.82, 2.24) is 0 Å². The maximum absolute atomic E-state index is 13.3. The van der Waals surface area contributed by atoms with E-state index in [0.29, 0.717) is 25.0 Å². The van der Waals surface area contributed by atoms with E-state index in [-0.39, 0.29) is 41.3 Å². The Labute approximate surface area is 154 Å². The zero-order valence-electron chi connectivity index (χ0n) is 15.8. The molecule has 4 aliphatic carbocycles. The van der Waals surface area contributed by atoms with E-state index in [4.69, 9.17) is 0 Å². The summed E-state index contributed by atoms with van der Waals surface area (Å²) in [6.45, 7) is 3.40. The Morgan fingerprint density at radius 2 is 1.88 bits per heavy atom. The first-order valence-corrected chi connectivity index (χ1v) is 10.1. The largest absolute Gasteiger partial charge is 0.388 e. The molecule has 26 heavy (non-hydrogen) atoms. The molecule has 0 spiro atoms. The Bertz CT molecular complexity index is 671. The SMILES string of the molecule is C[C@@]12CCC(=O)CC1CCC1C2C(=O)C[C@]2(C)C1CC[C@@]2(O)C(=O)CO. The molecule has 4 aliphatic rings. The second kappa shape index (κ2) is 5.71. The average Bonchev–Trinajstić information content (AvgIpc) is 2.86. The molecule has 4 rings (SSSR count). The van der Waals surface area contributed by atoms with Gasteiger partial charge in [-0.3, -0.25) is 14.4 Å². The number of fused-ring (bicyclic) bond motifs is 5. The molecule has 0 aliphatic heterocycles. The lowest BCUT2D eigenvalue weighted by Crippen LogP contribution is -2.62. The zero-order chi connectivity index (χ0) is 18.9. The molecule has 5 heteroatoms. The van der Waals surface area contributed by atoms with Gasteiger partial charge in [-0.1, -0.05) is 13.8 Å². The van der Waals surface area contributed by atoms with Crippen LogP contribution in [-0.2, 0) is 14.4 Å². The molecule has 0 heterocycles. The van der Waals surface area contributed by atoms with E-state index in [1.807, 2.05) is 6.92 Å². The van der Waals surface area contributed by atoms with Crippen LogP contribution in [0.15, 0.2) is 0 Å². The van der Waals surface area contributed by atoms with Crippen molar-refractivity contribution in [3.8, 4) is 0 Å². The number of carbonyl (C=O) groups is 3. The van der Waals surface area contributed by atoms with Gasteiger partial charge < -0.3 is 10.2 Å². The number of aliphatic hydroxyl groups is 2. The van der Waals surface area contributed by atoms with Gasteiger partial charge in [0.15, 0.2) is 5.78 Å². The van der Waals surface area contributed by atoms with Crippen LogP contribution in [0, 0.1) is 34.5 Å². The molecule has 0 saturated heterocycles. The lowest BCUT2D eigenvalue weighted by Gasteiger charge is -2.59. The number of aliphatic hydroxyl groups excluding tert-OH is 1. The molecule has 0 bridgehead atoms. The van der Waals surface area contributed by atoms with E-state index in [1.54, 1.807) is 0 Å². The highest BCUT2D eigenvalue weighted by molar-refractivity contribution is 5.92. The summed E-state index contributed by atoms with van der Waals surface area (Å²) in [6, 6.07) is 0. The van der Waals surface area contributed by atoms with Crippen LogP contribution < -0.4 is 0 Å². The van der Waals surface area contributed by atoms with Crippen molar-refractivity contribution >= 4 is 17.3 Å². The van der Waals surface area contributed by atoms with Crippen LogP contribution in [0.5, 0.6) is 0 Å². The van der Waals surface area contributed by atoms with Crippen LogP contribution in [0.2, 0.25) is 0 Å². The molecule has 0 aromatic heterocycles. The minimum Gasteiger partial charge on any atom is -0.388 e. The monoisotopic (exact) mass is 362 g/mol. The van der Waals surface area contributed by atoms with E-state index in [0.717, 1.165) is 25.7 Å². The number of hydrogen-bond acceptors (Lipinski definition) is 5. The van der Waals surface area contributed by atoms with Crippen LogP contribution >= 0.6 is 0 Å². The average molecular weight is 362 g/mol. The molecule has 4 unspecified atom stereocenters. The second-order valence-corrected chi connectivity index (χ2v) is 9.81. The topological polar surface area (TPSA) is 91.7 Å². The molecule has 0 radical (unpaired) electrons. The predicted molar refractivity (Wildman–Crippen MR) is 94.2 cm³/mol. The molecular weight excluding hydrogens is 332 g/mol. The van der Waals surface area contributed by atoms with Crippen molar-refractivity contribution in [2.75, 3.05) is 6.61 Å². The molecule has 144 valence electrons. The molecule has 4 fully saturated rings. The van der Waals surface area contributed by atoms with E-state index < -0.39 is 23.4 Å². The first-order valence-electron chi connectivity index (χ1n) is 10.1. The van der Waals surface area contributed by atoms with Crippen LogP contribution in [0.4, 0.5) is 0 Å². The Balaban J connectivity index is 1.71. The van der Waals surface area contributed by atoms with Gasteiger partial charge in [0.05, 0.1) is 0 Å². The van der Waals surface area contributed by atoms with Crippen molar-refractivity contribution in [3.05, 3.63) is 0 Å². The van der Waals surface area contributed by atoms with Gasteiger partial charge in [0.1, 0.15) is 23.8 Å². The molecule has 7 atom stereocenters. The standard InChI is InChI=1S/C21H30O5/c1-19-7-5-13(23)9-12(19)3-4-14-15-6-8-21(26,17(25)11-22)20(15,2)10-16(24)18(14)19/h12,14-15,18,22,26H,3-11H2,1-2H3/t12?,14?,15?,18?,19-,20-,21-/m1/s1. The van der Waals surface area contributed by atoms with Gasteiger partial charge in [-0.25, -0.2) is 0 Å². The Hall–Kier alpha value is -1.07. The van der Waals surface area contributed by atoms with Gasteiger partial charge in [0, 0.05) is 30.6 Å². The third-order valence-corrected chi connectivity index (χ3v) is 8.93. The van der Waals surface area contributed by atoms with Crippen LogP contribution in [0.1, 0.15) is 65.2 Å². The van der Waals surface area contributed by atoms with Crippen molar-refractivity contribution in [3.63, 3.8) is 0 Å². The molecular formula is C21H30O5. The Morgan fingerprint density at radius 3 is 2.58 bits per heavy atom. The molecule has 0 aromatic carbocycles. The minimum atomic E-state index is -1.59. The van der Waals surface area contributed by atoms with E-state index in [2.05, 4.69) is 6.92 Å². The van der Waals surface area contributed by atoms with Gasteiger partial charge in [-0.2, -0.15) is 0 Å². The second-order valence-electron chi connectivity index (χ2n) is 9.81. The Morgan fingerprint density at radius 1 is 1.15 bits per heavy atom. The first-order chi connectivity index (χ1) is 12.2. The molecule has 5 nitrogen and oxygen atoms in total.